The Balaban J connectivity index is 2.18. The van der Waals surface area contributed by atoms with Crippen LogP contribution in [0.15, 0.2) is 42.7 Å². The van der Waals surface area contributed by atoms with E-state index in [0.717, 1.165) is 28.4 Å². The zero-order chi connectivity index (χ0) is 14.1. The normalized spacial score (nSPS) is 10.8. The Morgan fingerprint density at radius 1 is 1.05 bits per heavy atom. The Morgan fingerprint density at radius 2 is 1.90 bits per heavy atom. The number of hydrogen-bond acceptors (Lipinski definition) is 3. The van der Waals surface area contributed by atoms with Gasteiger partial charge in [-0.15, -0.1) is 0 Å². The zero-order valence-corrected chi connectivity index (χ0v) is 11.9. The first kappa shape index (κ1) is 12.8. The molecular weight excluding hydrogens is 276 g/mol. The van der Waals surface area contributed by atoms with Crippen LogP contribution in [0.1, 0.15) is 0 Å². The predicted octanol–water partition coefficient (Wildman–Crippen LogP) is 3.67. The number of nitrogens with zero attached hydrogens (tertiary/aromatic N) is 2. The van der Waals surface area contributed by atoms with Gasteiger partial charge >= 0.3 is 0 Å². The number of ether oxygens (including phenoxy) is 2. The fourth-order valence-corrected chi connectivity index (χ4v) is 2.28. The third-order valence-corrected chi connectivity index (χ3v) is 3.32. The molecule has 0 aliphatic rings. The average Bonchev–Trinajstić information content (AvgIpc) is 2.89. The van der Waals surface area contributed by atoms with Gasteiger partial charge in [0.1, 0.15) is 17.1 Å². The molecular formula is C15H13ClN2O2. The summed E-state index contributed by atoms with van der Waals surface area (Å²) in [6.07, 6.45) is 3.73. The van der Waals surface area contributed by atoms with Gasteiger partial charge < -0.3 is 13.9 Å². The molecule has 20 heavy (non-hydrogen) atoms. The summed E-state index contributed by atoms with van der Waals surface area (Å²) in [6.45, 7) is 0. The molecule has 0 spiro atoms. The van der Waals surface area contributed by atoms with Crippen LogP contribution in [0.25, 0.3) is 16.9 Å². The molecule has 0 saturated carbocycles. The Hall–Kier alpha value is -2.20. The van der Waals surface area contributed by atoms with Crippen molar-refractivity contribution < 1.29 is 9.47 Å². The smallest absolute Gasteiger partial charge is 0.137 e. The highest BCUT2D eigenvalue weighted by Gasteiger charge is 2.11. The number of fused-ring (bicyclic) bond motifs is 1. The largest absolute Gasteiger partial charge is 0.497 e. The third kappa shape index (κ3) is 2.18. The minimum absolute atomic E-state index is 0.666. The van der Waals surface area contributed by atoms with Crippen molar-refractivity contribution in [2.24, 2.45) is 0 Å². The van der Waals surface area contributed by atoms with Crippen molar-refractivity contribution in [2.75, 3.05) is 14.2 Å². The fraction of sp³-hybridized carbons (Fsp3) is 0.133. The summed E-state index contributed by atoms with van der Waals surface area (Å²) in [4.78, 5) is 4.58. The highest BCUT2D eigenvalue weighted by Crippen LogP contribution is 2.33. The molecule has 0 aliphatic carbocycles. The number of rotatable bonds is 3. The van der Waals surface area contributed by atoms with Crippen LogP contribution in [0.5, 0.6) is 11.5 Å². The molecule has 5 heteroatoms. The zero-order valence-electron chi connectivity index (χ0n) is 11.1. The third-order valence-electron chi connectivity index (χ3n) is 3.10. The molecule has 1 aromatic carbocycles. The van der Waals surface area contributed by atoms with E-state index in [9.17, 15) is 0 Å². The Kier molecular flexibility index (Phi) is 3.24. The first-order valence-corrected chi connectivity index (χ1v) is 6.45. The van der Waals surface area contributed by atoms with E-state index >= 15 is 0 Å². The van der Waals surface area contributed by atoms with Crippen LogP contribution in [0, 0.1) is 0 Å². The maximum atomic E-state index is 5.99. The lowest BCUT2D eigenvalue weighted by Crippen LogP contribution is -1.90. The Labute approximate surface area is 121 Å². The Morgan fingerprint density at radius 3 is 2.65 bits per heavy atom. The minimum atomic E-state index is 0.666. The van der Waals surface area contributed by atoms with Gasteiger partial charge in [0.05, 0.1) is 24.9 Å². The summed E-state index contributed by atoms with van der Waals surface area (Å²) in [6, 6.07) is 9.32. The lowest BCUT2D eigenvalue weighted by atomic mass is 10.1. The van der Waals surface area contributed by atoms with E-state index in [1.165, 1.54) is 0 Å². The van der Waals surface area contributed by atoms with Gasteiger partial charge in [-0.2, -0.15) is 0 Å². The quantitative estimate of drug-likeness (QED) is 0.738. The van der Waals surface area contributed by atoms with E-state index in [1.807, 2.05) is 47.1 Å². The number of methoxy groups -OCH3 is 2. The molecule has 0 bridgehead atoms. The van der Waals surface area contributed by atoms with Crippen molar-refractivity contribution in [1.29, 1.82) is 0 Å². The van der Waals surface area contributed by atoms with Gasteiger partial charge in [0, 0.05) is 18.0 Å². The second-order valence-electron chi connectivity index (χ2n) is 4.31. The van der Waals surface area contributed by atoms with E-state index in [2.05, 4.69) is 4.98 Å². The molecule has 0 N–H and O–H groups in total. The van der Waals surface area contributed by atoms with Gasteiger partial charge in [-0.1, -0.05) is 11.6 Å². The lowest BCUT2D eigenvalue weighted by Gasteiger charge is -2.08. The second kappa shape index (κ2) is 5.06. The van der Waals surface area contributed by atoms with Crippen LogP contribution >= 0.6 is 11.6 Å². The maximum absolute atomic E-state index is 5.99. The standard InChI is InChI=1S/C15H13ClN2O2/c1-19-11-4-5-14(20-2)12(7-11)13-9-18-8-10(16)3-6-15(18)17-13/h3-9H,1-2H3. The molecule has 0 unspecified atom stereocenters. The van der Waals surface area contributed by atoms with E-state index in [-0.39, 0.29) is 0 Å². The summed E-state index contributed by atoms with van der Waals surface area (Å²) in [5.41, 5.74) is 2.52. The number of hydrogen-bond donors (Lipinski definition) is 0. The van der Waals surface area contributed by atoms with Gasteiger partial charge in [-0.25, -0.2) is 4.98 Å². The fourth-order valence-electron chi connectivity index (χ4n) is 2.11. The van der Waals surface area contributed by atoms with E-state index in [4.69, 9.17) is 21.1 Å². The summed E-state index contributed by atoms with van der Waals surface area (Å²) in [5.74, 6) is 1.51. The van der Waals surface area contributed by atoms with Crippen LogP contribution in [0.3, 0.4) is 0 Å². The van der Waals surface area contributed by atoms with Crippen molar-refractivity contribution in [3.8, 4) is 22.8 Å². The molecule has 2 aromatic heterocycles. The molecule has 3 rings (SSSR count). The second-order valence-corrected chi connectivity index (χ2v) is 4.74. The Bertz CT molecular complexity index is 768. The van der Waals surface area contributed by atoms with E-state index in [1.54, 1.807) is 14.2 Å². The number of benzene rings is 1. The van der Waals surface area contributed by atoms with Gasteiger partial charge in [0.15, 0.2) is 0 Å². The van der Waals surface area contributed by atoms with Crippen LogP contribution in [-0.4, -0.2) is 23.6 Å². The summed E-state index contributed by atoms with van der Waals surface area (Å²) < 4.78 is 12.5. The first-order valence-electron chi connectivity index (χ1n) is 6.08. The van der Waals surface area contributed by atoms with E-state index in [0.29, 0.717) is 5.02 Å². The summed E-state index contributed by atoms with van der Waals surface area (Å²) >= 11 is 5.99. The van der Waals surface area contributed by atoms with Gasteiger partial charge in [0.25, 0.3) is 0 Å². The molecule has 102 valence electrons. The molecule has 3 aromatic rings. The number of aromatic nitrogens is 2. The lowest BCUT2D eigenvalue weighted by molar-refractivity contribution is 0.404. The van der Waals surface area contributed by atoms with Crippen LogP contribution in [-0.2, 0) is 0 Å². The number of pyridine rings is 1. The first-order chi connectivity index (χ1) is 9.71. The molecule has 0 fully saturated rings. The molecule has 0 aliphatic heterocycles. The van der Waals surface area contributed by atoms with Crippen molar-refractivity contribution in [1.82, 2.24) is 9.38 Å². The van der Waals surface area contributed by atoms with Crippen LogP contribution in [0.4, 0.5) is 0 Å². The summed E-state index contributed by atoms with van der Waals surface area (Å²) in [7, 11) is 3.27. The van der Waals surface area contributed by atoms with Gasteiger partial charge in [-0.05, 0) is 30.3 Å². The monoisotopic (exact) mass is 288 g/mol. The van der Waals surface area contributed by atoms with Crippen LogP contribution < -0.4 is 9.47 Å². The summed E-state index contributed by atoms with van der Waals surface area (Å²) in [5, 5.41) is 0.666. The molecule has 0 amide bonds. The topological polar surface area (TPSA) is 35.8 Å². The maximum Gasteiger partial charge on any atom is 0.137 e. The van der Waals surface area contributed by atoms with Crippen LogP contribution in [0.2, 0.25) is 5.02 Å². The number of halogens is 1. The van der Waals surface area contributed by atoms with E-state index < -0.39 is 0 Å². The van der Waals surface area contributed by atoms with Gasteiger partial charge in [0.2, 0.25) is 0 Å². The molecule has 0 radical (unpaired) electrons. The average molecular weight is 289 g/mol. The van der Waals surface area contributed by atoms with Crippen molar-refractivity contribution >= 4 is 17.2 Å². The highest BCUT2D eigenvalue weighted by molar-refractivity contribution is 6.30. The SMILES string of the molecule is COc1ccc(OC)c(-c2cn3cc(Cl)ccc3n2)c1. The van der Waals surface area contributed by atoms with Gasteiger partial charge in [-0.3, -0.25) is 0 Å². The highest BCUT2D eigenvalue weighted by atomic mass is 35.5. The minimum Gasteiger partial charge on any atom is -0.497 e. The van der Waals surface area contributed by atoms with Crippen molar-refractivity contribution in [2.45, 2.75) is 0 Å². The molecule has 0 atom stereocenters. The van der Waals surface area contributed by atoms with Crippen molar-refractivity contribution in [3.05, 3.63) is 47.7 Å². The predicted molar refractivity (Wildman–Crippen MR) is 78.7 cm³/mol. The molecule has 4 nitrogen and oxygen atoms in total. The number of imidazole rings is 1. The molecule has 0 saturated heterocycles. The molecule has 2 heterocycles. The van der Waals surface area contributed by atoms with Crippen molar-refractivity contribution in [3.63, 3.8) is 0 Å².